The first-order chi connectivity index (χ1) is 32.9. The quantitative estimate of drug-likeness (QED) is 0.104. The molecule has 1 aromatic heterocycles. The van der Waals surface area contributed by atoms with E-state index in [0.717, 1.165) is 23.0 Å². The van der Waals surface area contributed by atoms with Gasteiger partial charge in [-0.15, -0.1) is 0 Å². The number of fused-ring (bicyclic) bond motifs is 3. The molecule has 0 N–H and O–H groups in total. The number of benzene rings is 8. The van der Waals surface area contributed by atoms with E-state index in [1.807, 2.05) is 0 Å². The molecule has 1 heterocycles. The molecule has 4 aliphatic rings. The van der Waals surface area contributed by atoms with Gasteiger partial charge in [0.1, 0.15) is 11.2 Å². The van der Waals surface area contributed by atoms with Crippen LogP contribution in [0.15, 0.2) is 174 Å². The number of hydrogen-bond donors (Lipinski definition) is 0. The Bertz CT molecular complexity index is 3290. The number of aryl methyl sites for hydroxylation is 6. The summed E-state index contributed by atoms with van der Waals surface area (Å²) in [5.74, 6) is 1.56. The molecule has 1 nitrogen and oxygen atoms in total. The van der Waals surface area contributed by atoms with Crippen LogP contribution in [0.3, 0.4) is 0 Å². The minimum absolute atomic E-state index is 0.109. The van der Waals surface area contributed by atoms with Crippen LogP contribution in [-0.2, 0) is 10.8 Å². The van der Waals surface area contributed by atoms with Gasteiger partial charge in [-0.05, 0) is 166 Å². The van der Waals surface area contributed by atoms with Gasteiger partial charge in [0.25, 0.3) is 0 Å². The molecule has 336 valence electrons. The predicted octanol–water partition coefficient (Wildman–Crippen LogP) is 13.1. The van der Waals surface area contributed by atoms with E-state index in [1.165, 1.54) is 126 Å². The second-order valence-corrected chi connectivity index (χ2v) is 24.9. The van der Waals surface area contributed by atoms with Crippen LogP contribution in [0.4, 0.5) is 0 Å². The largest absolute Gasteiger partial charge is 0.456 e. The molecule has 2 atom stereocenters. The van der Waals surface area contributed by atoms with Crippen molar-refractivity contribution in [3.8, 4) is 11.1 Å². The van der Waals surface area contributed by atoms with Crippen molar-refractivity contribution in [1.29, 1.82) is 0 Å². The molecule has 4 fully saturated rings. The Labute approximate surface area is 404 Å². The van der Waals surface area contributed by atoms with Crippen LogP contribution in [0, 0.1) is 53.4 Å². The molecule has 2 unspecified atom stereocenters. The highest BCUT2D eigenvalue weighted by Crippen LogP contribution is 2.66. The highest BCUT2D eigenvalue weighted by Gasteiger charge is 2.58. The van der Waals surface area contributed by atoms with Gasteiger partial charge in [-0.3, -0.25) is 0 Å². The third kappa shape index (κ3) is 7.04. The predicted molar refractivity (Wildman–Crippen MR) is 295 cm³/mol. The first kappa shape index (κ1) is 43.2. The van der Waals surface area contributed by atoms with Gasteiger partial charge in [0.15, 0.2) is 0 Å². The molecule has 0 aliphatic heterocycles. The zero-order valence-corrected chi connectivity index (χ0v) is 41.6. The smallest absolute Gasteiger partial charge is 0.242 e. The Balaban J connectivity index is 0.872. The Hall–Kier alpha value is -6.08. The van der Waals surface area contributed by atoms with Crippen molar-refractivity contribution in [1.82, 2.24) is 0 Å². The Kier molecular flexibility index (Phi) is 10.3. The van der Waals surface area contributed by atoms with Gasteiger partial charge in [0.05, 0.1) is 0 Å². The van der Waals surface area contributed by atoms with Crippen LogP contribution < -0.4 is 32.3 Å². The third-order valence-corrected chi connectivity index (χ3v) is 20.6. The molecule has 0 amide bonds. The third-order valence-electron chi connectivity index (χ3n) is 17.1. The lowest BCUT2D eigenvalue weighted by molar-refractivity contribution is -0.0281. The minimum atomic E-state index is -2.03. The SMILES string of the molecule is C=P(c1ccccc1)(c1ccccc1)c1ccc(C23CC4CC(CC(c5ccc(-c6ccc7oc8ccc(B(c9c(C)cc(C)cc9C)c9c(C)cc(C)cc9C)cc8c7c6)cc5)(C4)C2)C3)cc1. The second-order valence-electron chi connectivity index (χ2n) is 21.8. The molecule has 0 saturated heterocycles. The van der Waals surface area contributed by atoms with E-state index in [0.29, 0.717) is 0 Å². The van der Waals surface area contributed by atoms with E-state index in [9.17, 15) is 0 Å². The first-order valence-corrected chi connectivity index (χ1v) is 27.1. The Morgan fingerprint density at radius 3 is 1.40 bits per heavy atom. The van der Waals surface area contributed by atoms with Crippen LogP contribution in [0.1, 0.15) is 83.0 Å². The maximum atomic E-state index is 6.58. The number of hydrogen-bond acceptors (Lipinski definition) is 1. The summed E-state index contributed by atoms with van der Waals surface area (Å²) in [6.45, 7) is 11.7. The second kappa shape index (κ2) is 16.3. The summed E-state index contributed by atoms with van der Waals surface area (Å²) in [4.78, 5) is 0. The summed E-state index contributed by atoms with van der Waals surface area (Å²) in [6, 6.07) is 64.9. The number of furan rings is 1. The van der Waals surface area contributed by atoms with Crippen LogP contribution >= 0.6 is 6.89 Å². The fraction of sp³-hybridized carbons (Fsp3) is 0.246. The van der Waals surface area contributed by atoms with Gasteiger partial charge in [0.2, 0.25) is 6.71 Å². The molecule has 4 bridgehead atoms. The zero-order chi connectivity index (χ0) is 46.5. The fourth-order valence-electron chi connectivity index (χ4n) is 14.8. The molecule has 4 saturated carbocycles. The molecule has 0 spiro atoms. The summed E-state index contributed by atoms with van der Waals surface area (Å²) in [5, 5.41) is 6.39. The van der Waals surface area contributed by atoms with Gasteiger partial charge >= 0.3 is 0 Å². The molecule has 9 aromatic rings. The van der Waals surface area contributed by atoms with Gasteiger partial charge in [-0.1, -0.05) is 208 Å². The number of rotatable bonds is 9. The lowest BCUT2D eigenvalue weighted by Crippen LogP contribution is -2.55. The van der Waals surface area contributed by atoms with Crippen molar-refractivity contribution < 1.29 is 4.42 Å². The zero-order valence-electron chi connectivity index (χ0n) is 40.7. The van der Waals surface area contributed by atoms with E-state index >= 15 is 0 Å². The molecular formula is C65H62BOP. The van der Waals surface area contributed by atoms with Crippen molar-refractivity contribution in [2.24, 2.45) is 11.8 Å². The summed E-state index contributed by atoms with van der Waals surface area (Å²) in [5.41, 5.74) is 20.0. The maximum Gasteiger partial charge on any atom is 0.242 e. The lowest BCUT2D eigenvalue weighted by atomic mass is 9.34. The highest BCUT2D eigenvalue weighted by molar-refractivity contribution is 7.93. The molecule has 4 aliphatic carbocycles. The Morgan fingerprint density at radius 1 is 0.471 bits per heavy atom. The normalized spacial score (nSPS) is 20.9. The van der Waals surface area contributed by atoms with Crippen molar-refractivity contribution in [2.75, 3.05) is 0 Å². The molecule has 13 rings (SSSR count). The average Bonchev–Trinajstić information content (AvgIpc) is 3.70. The van der Waals surface area contributed by atoms with Crippen LogP contribution in [-0.4, -0.2) is 13.0 Å². The van der Waals surface area contributed by atoms with E-state index in [2.05, 4.69) is 211 Å². The highest BCUT2D eigenvalue weighted by atomic mass is 31.2. The van der Waals surface area contributed by atoms with E-state index in [-0.39, 0.29) is 17.5 Å². The summed E-state index contributed by atoms with van der Waals surface area (Å²) in [6.07, 6.45) is 13.0. The summed E-state index contributed by atoms with van der Waals surface area (Å²) >= 11 is 0. The van der Waals surface area contributed by atoms with Crippen LogP contribution in [0.2, 0.25) is 0 Å². The van der Waals surface area contributed by atoms with E-state index in [1.54, 1.807) is 11.1 Å². The lowest BCUT2D eigenvalue weighted by Gasteiger charge is -2.63. The van der Waals surface area contributed by atoms with E-state index < -0.39 is 6.89 Å². The van der Waals surface area contributed by atoms with Gasteiger partial charge < -0.3 is 4.42 Å². The first-order valence-electron chi connectivity index (χ1n) is 25.1. The molecule has 0 radical (unpaired) electrons. The van der Waals surface area contributed by atoms with Gasteiger partial charge in [-0.2, -0.15) is 0 Å². The minimum Gasteiger partial charge on any atom is -0.456 e. The molecule has 3 heteroatoms. The fourth-order valence-corrected chi connectivity index (χ4v) is 17.7. The van der Waals surface area contributed by atoms with Crippen molar-refractivity contribution >= 4 is 74.1 Å². The molecule has 68 heavy (non-hydrogen) atoms. The molecular weight excluding hydrogens is 838 g/mol. The van der Waals surface area contributed by atoms with Crippen molar-refractivity contribution in [2.45, 2.75) is 90.9 Å². The van der Waals surface area contributed by atoms with Gasteiger partial charge in [-0.25, -0.2) is 0 Å². The van der Waals surface area contributed by atoms with Crippen LogP contribution in [0.5, 0.6) is 0 Å². The topological polar surface area (TPSA) is 13.1 Å². The average molecular weight is 901 g/mol. The van der Waals surface area contributed by atoms with Crippen molar-refractivity contribution in [3.63, 3.8) is 0 Å². The summed E-state index contributed by atoms with van der Waals surface area (Å²) < 4.78 is 6.58. The Morgan fingerprint density at radius 2 is 0.897 bits per heavy atom. The van der Waals surface area contributed by atoms with E-state index in [4.69, 9.17) is 10.7 Å². The van der Waals surface area contributed by atoms with Crippen LogP contribution in [0.25, 0.3) is 33.1 Å². The van der Waals surface area contributed by atoms with Crippen molar-refractivity contribution in [3.05, 3.63) is 214 Å². The summed E-state index contributed by atoms with van der Waals surface area (Å²) in [7, 11) is 0. The monoisotopic (exact) mass is 900 g/mol. The molecule has 8 aromatic carbocycles. The standard InChI is InChI=1S/C65H62BOP/c1-42-30-44(3)62(45(4)31-42)66(63-46(5)32-43(2)33-47(63)6)54-25-29-61-59(36-54)58-35-51(20-28-60(58)67-61)50-18-21-52(22-19-50)64-37-48-34-49(38-64)40-65(39-48,41-64)53-23-26-57(27-24-53)68(7,55-14-10-8-11-15-55)56-16-12-9-13-17-56/h8-33,35-36,48-49H,7,34,37-41H2,1-6H3. The maximum absolute atomic E-state index is 6.58. The van der Waals surface area contributed by atoms with Gasteiger partial charge in [0, 0.05) is 10.8 Å².